The van der Waals surface area contributed by atoms with Crippen LogP contribution in [0.1, 0.15) is 35.8 Å². The normalized spacial score (nSPS) is 11.7. The zero-order valence-electron chi connectivity index (χ0n) is 16.1. The van der Waals surface area contributed by atoms with Crippen LogP contribution >= 0.6 is 0 Å². The molecule has 0 aliphatic rings. The van der Waals surface area contributed by atoms with Gasteiger partial charge < -0.3 is 15.3 Å². The van der Waals surface area contributed by atoms with Gasteiger partial charge in [0, 0.05) is 12.7 Å². The Hall–Kier alpha value is -3.48. The maximum Gasteiger partial charge on any atom is 0.255 e. The van der Waals surface area contributed by atoms with Gasteiger partial charge in [0.2, 0.25) is 0 Å². The van der Waals surface area contributed by atoms with Gasteiger partial charge in [0.25, 0.3) is 5.91 Å². The van der Waals surface area contributed by atoms with Crippen molar-refractivity contribution >= 4 is 17.4 Å². The number of anilines is 2. The van der Waals surface area contributed by atoms with Crippen LogP contribution in [0.3, 0.4) is 0 Å². The zero-order valence-corrected chi connectivity index (χ0v) is 16.1. The number of hydrogen-bond acceptors (Lipinski definition) is 4. The van der Waals surface area contributed by atoms with Crippen LogP contribution in [0.25, 0.3) is 0 Å². The van der Waals surface area contributed by atoms with Crippen molar-refractivity contribution in [2.24, 2.45) is 0 Å². The molecule has 5 nitrogen and oxygen atoms in total. The number of aromatic hydroxyl groups is 1. The summed E-state index contributed by atoms with van der Waals surface area (Å²) < 4.78 is 26.7. The van der Waals surface area contributed by atoms with Gasteiger partial charge in [-0.3, -0.25) is 4.79 Å². The molecule has 1 heterocycles. The van der Waals surface area contributed by atoms with Gasteiger partial charge in [-0.15, -0.1) is 0 Å². The van der Waals surface area contributed by atoms with Gasteiger partial charge in [-0.25, -0.2) is 13.8 Å². The number of aromatic nitrogens is 1. The van der Waals surface area contributed by atoms with E-state index in [4.69, 9.17) is 0 Å². The molecule has 0 aliphatic carbocycles. The van der Waals surface area contributed by atoms with E-state index in [0.29, 0.717) is 29.2 Å². The van der Waals surface area contributed by atoms with Crippen LogP contribution in [0.15, 0.2) is 60.8 Å². The number of phenols is 1. The summed E-state index contributed by atoms with van der Waals surface area (Å²) in [7, 11) is 0. The van der Waals surface area contributed by atoms with Crippen LogP contribution in [-0.2, 0) is 0 Å². The molecule has 2 aromatic carbocycles. The van der Waals surface area contributed by atoms with E-state index < -0.39 is 23.6 Å². The minimum Gasteiger partial charge on any atom is -0.506 e. The summed E-state index contributed by atoms with van der Waals surface area (Å²) in [4.78, 5) is 19.0. The smallest absolute Gasteiger partial charge is 0.255 e. The SMILES string of the molecule is CCN(c1ccccc1O)c1ncccc1C(=O)N[C@@H](C)c1ccc(F)c(F)c1. The van der Waals surface area contributed by atoms with Crippen molar-refractivity contribution in [3.63, 3.8) is 0 Å². The Kier molecular flexibility index (Phi) is 6.07. The summed E-state index contributed by atoms with van der Waals surface area (Å²) >= 11 is 0. The van der Waals surface area contributed by atoms with Crippen molar-refractivity contribution in [2.45, 2.75) is 19.9 Å². The number of carbonyl (C=O) groups is 1. The lowest BCUT2D eigenvalue weighted by Crippen LogP contribution is -2.29. The highest BCUT2D eigenvalue weighted by molar-refractivity contribution is 6.00. The third-order valence-electron chi connectivity index (χ3n) is 4.57. The summed E-state index contributed by atoms with van der Waals surface area (Å²) in [5.74, 6) is -1.88. The Morgan fingerprint density at radius 3 is 2.59 bits per heavy atom. The molecule has 3 aromatic rings. The van der Waals surface area contributed by atoms with Crippen LogP contribution in [0.2, 0.25) is 0 Å². The van der Waals surface area contributed by atoms with Gasteiger partial charge in [0.05, 0.1) is 17.3 Å². The molecule has 150 valence electrons. The number of nitrogens with zero attached hydrogens (tertiary/aromatic N) is 2. The maximum absolute atomic E-state index is 13.5. The number of nitrogens with one attached hydrogen (secondary N) is 1. The lowest BCUT2D eigenvalue weighted by atomic mass is 10.1. The summed E-state index contributed by atoms with van der Waals surface area (Å²) in [5, 5.41) is 13.0. The van der Waals surface area contributed by atoms with Crippen LogP contribution in [0.4, 0.5) is 20.3 Å². The predicted molar refractivity (Wildman–Crippen MR) is 107 cm³/mol. The van der Waals surface area contributed by atoms with E-state index in [1.165, 1.54) is 6.07 Å². The predicted octanol–water partition coefficient (Wildman–Crippen LogP) is 4.71. The van der Waals surface area contributed by atoms with Crippen LogP contribution in [0.5, 0.6) is 5.75 Å². The highest BCUT2D eigenvalue weighted by Gasteiger charge is 2.21. The lowest BCUT2D eigenvalue weighted by Gasteiger charge is -2.25. The third-order valence-corrected chi connectivity index (χ3v) is 4.57. The summed E-state index contributed by atoms with van der Waals surface area (Å²) in [6.45, 7) is 4.03. The van der Waals surface area contributed by atoms with Gasteiger partial charge >= 0.3 is 0 Å². The molecule has 2 N–H and O–H groups in total. The molecule has 29 heavy (non-hydrogen) atoms. The summed E-state index contributed by atoms with van der Waals surface area (Å²) in [6, 6.07) is 13.0. The second-order valence-corrected chi connectivity index (χ2v) is 6.48. The monoisotopic (exact) mass is 397 g/mol. The Bertz CT molecular complexity index is 1030. The Balaban J connectivity index is 1.90. The van der Waals surface area contributed by atoms with Crippen molar-refractivity contribution < 1.29 is 18.7 Å². The molecule has 0 bridgehead atoms. The highest BCUT2D eigenvalue weighted by Crippen LogP contribution is 2.33. The van der Waals surface area contributed by atoms with Crippen molar-refractivity contribution in [1.29, 1.82) is 0 Å². The number of carbonyl (C=O) groups excluding carboxylic acids is 1. The van der Waals surface area contributed by atoms with Crippen LogP contribution < -0.4 is 10.2 Å². The molecule has 1 aromatic heterocycles. The number of halogens is 2. The fraction of sp³-hybridized carbons (Fsp3) is 0.182. The van der Waals surface area contributed by atoms with Gasteiger partial charge in [0.1, 0.15) is 11.6 Å². The molecule has 7 heteroatoms. The molecule has 1 amide bonds. The fourth-order valence-electron chi connectivity index (χ4n) is 3.06. The molecule has 3 rings (SSSR count). The van der Waals surface area contributed by atoms with E-state index in [2.05, 4.69) is 10.3 Å². The highest BCUT2D eigenvalue weighted by atomic mass is 19.2. The first-order valence-electron chi connectivity index (χ1n) is 9.18. The average Bonchev–Trinajstić information content (AvgIpc) is 2.72. The molecule has 0 unspecified atom stereocenters. The number of para-hydroxylation sites is 2. The lowest BCUT2D eigenvalue weighted by molar-refractivity contribution is 0.0940. The zero-order chi connectivity index (χ0) is 21.0. The molecule has 0 spiro atoms. The Morgan fingerprint density at radius 2 is 1.90 bits per heavy atom. The van der Waals surface area contributed by atoms with Gasteiger partial charge in [0.15, 0.2) is 11.6 Å². The molecular weight excluding hydrogens is 376 g/mol. The van der Waals surface area contributed by atoms with E-state index in [1.807, 2.05) is 6.92 Å². The molecule has 1 atom stereocenters. The average molecular weight is 397 g/mol. The summed E-state index contributed by atoms with van der Waals surface area (Å²) in [5.41, 5.74) is 1.26. The van der Waals surface area contributed by atoms with E-state index in [9.17, 15) is 18.7 Å². The quantitative estimate of drug-likeness (QED) is 0.632. The number of phenolic OH excluding ortho intramolecular Hbond substituents is 1. The molecule has 0 saturated heterocycles. The number of benzene rings is 2. The van der Waals surface area contributed by atoms with Gasteiger partial charge in [-0.05, 0) is 55.8 Å². The van der Waals surface area contributed by atoms with Crippen LogP contribution in [0, 0.1) is 11.6 Å². The molecule has 0 saturated carbocycles. The van der Waals surface area contributed by atoms with E-state index in [0.717, 1.165) is 12.1 Å². The molecule has 0 aliphatic heterocycles. The second kappa shape index (κ2) is 8.68. The largest absolute Gasteiger partial charge is 0.506 e. The number of amides is 1. The van der Waals surface area contributed by atoms with Crippen molar-refractivity contribution in [1.82, 2.24) is 10.3 Å². The van der Waals surface area contributed by atoms with E-state index in [-0.39, 0.29) is 5.75 Å². The standard InChI is InChI=1S/C22H21F2N3O2/c1-3-27(19-8-4-5-9-20(19)28)21-16(7-6-12-25-21)22(29)26-14(2)15-10-11-17(23)18(24)13-15/h4-14,28H,3H2,1-2H3,(H,26,29)/t14-/m0/s1. The molecular formula is C22H21F2N3O2. The third kappa shape index (κ3) is 4.34. The summed E-state index contributed by atoms with van der Waals surface area (Å²) in [6.07, 6.45) is 1.56. The Labute approximate surface area is 167 Å². The topological polar surface area (TPSA) is 65.5 Å². The van der Waals surface area contributed by atoms with E-state index in [1.54, 1.807) is 54.4 Å². The maximum atomic E-state index is 13.5. The first-order valence-corrected chi connectivity index (χ1v) is 9.18. The van der Waals surface area contributed by atoms with Crippen molar-refractivity contribution in [3.05, 3.63) is 83.6 Å². The number of pyridine rings is 1. The van der Waals surface area contributed by atoms with Crippen molar-refractivity contribution in [3.8, 4) is 5.75 Å². The number of hydrogen-bond donors (Lipinski definition) is 2. The van der Waals surface area contributed by atoms with Gasteiger partial charge in [-0.2, -0.15) is 0 Å². The number of rotatable bonds is 6. The first-order chi connectivity index (χ1) is 13.9. The molecule has 0 fully saturated rings. The minimum absolute atomic E-state index is 0.0708. The molecule has 0 radical (unpaired) electrons. The van der Waals surface area contributed by atoms with Crippen molar-refractivity contribution in [2.75, 3.05) is 11.4 Å². The minimum atomic E-state index is -0.970. The first kappa shape index (κ1) is 20.3. The second-order valence-electron chi connectivity index (χ2n) is 6.48. The van der Waals surface area contributed by atoms with E-state index >= 15 is 0 Å². The Morgan fingerprint density at radius 1 is 1.14 bits per heavy atom. The van der Waals surface area contributed by atoms with Crippen LogP contribution in [-0.4, -0.2) is 22.5 Å². The van der Waals surface area contributed by atoms with Gasteiger partial charge in [-0.1, -0.05) is 18.2 Å². The fourth-order valence-corrected chi connectivity index (χ4v) is 3.06.